The van der Waals surface area contributed by atoms with E-state index < -0.39 is 0 Å². The molecule has 0 bridgehead atoms. The molecule has 0 atom stereocenters. The summed E-state index contributed by atoms with van der Waals surface area (Å²) in [6, 6.07) is 0. The average molecular weight is 588 g/mol. The standard InChI is InChI=1S/C37H75ClS/c38-36-34-32-30-28-26-24-22-20-18-16-14-12-10-8-6-4-2-1-3-5-7-9-11-13-15-17-19-21-23-25-27-29-31-33-35-37-39/h39H,1-37H2. The Morgan fingerprint density at radius 1 is 0.205 bits per heavy atom. The maximum atomic E-state index is 5.73. The Hall–Kier alpha value is 0.640. The molecule has 2 heteroatoms. The van der Waals surface area contributed by atoms with Crippen LogP contribution in [0.25, 0.3) is 0 Å². The van der Waals surface area contributed by atoms with Crippen molar-refractivity contribution in [1.29, 1.82) is 0 Å². The molecule has 39 heavy (non-hydrogen) atoms. The Bertz CT molecular complexity index is 363. The molecular formula is C37H75ClS. The highest BCUT2D eigenvalue weighted by Crippen LogP contribution is 2.17. The van der Waals surface area contributed by atoms with E-state index in [2.05, 4.69) is 12.6 Å². The molecule has 0 aromatic rings. The molecule has 0 aliphatic carbocycles. The zero-order valence-corrected chi connectivity index (χ0v) is 28.6. The predicted molar refractivity (Wildman–Crippen MR) is 186 cm³/mol. The first-order valence-corrected chi connectivity index (χ1v) is 19.8. The summed E-state index contributed by atoms with van der Waals surface area (Å²) in [5.41, 5.74) is 0. The summed E-state index contributed by atoms with van der Waals surface area (Å²) < 4.78 is 0. The molecule has 0 fully saturated rings. The third kappa shape index (κ3) is 38.6. The van der Waals surface area contributed by atoms with Crippen molar-refractivity contribution >= 4 is 24.2 Å². The highest BCUT2D eigenvalue weighted by atomic mass is 35.5. The maximum absolute atomic E-state index is 5.73. The summed E-state index contributed by atoms with van der Waals surface area (Å²) in [4.78, 5) is 0. The van der Waals surface area contributed by atoms with Gasteiger partial charge in [-0.05, 0) is 18.6 Å². The monoisotopic (exact) mass is 587 g/mol. The molecule has 0 spiro atoms. The summed E-state index contributed by atoms with van der Waals surface area (Å²) in [6.45, 7) is 0. The van der Waals surface area contributed by atoms with Crippen LogP contribution in [0.5, 0.6) is 0 Å². The highest BCUT2D eigenvalue weighted by molar-refractivity contribution is 7.80. The molecule has 0 amide bonds. The van der Waals surface area contributed by atoms with E-state index in [1.807, 2.05) is 0 Å². The third-order valence-corrected chi connectivity index (χ3v) is 9.38. The van der Waals surface area contributed by atoms with Crippen molar-refractivity contribution in [1.82, 2.24) is 0 Å². The van der Waals surface area contributed by atoms with Crippen LogP contribution in [0.2, 0.25) is 0 Å². The Labute approximate surface area is 259 Å². The fraction of sp³-hybridized carbons (Fsp3) is 1.00. The van der Waals surface area contributed by atoms with Gasteiger partial charge >= 0.3 is 0 Å². The van der Waals surface area contributed by atoms with Crippen molar-refractivity contribution in [2.75, 3.05) is 11.6 Å². The van der Waals surface area contributed by atoms with Crippen molar-refractivity contribution in [3.05, 3.63) is 0 Å². The van der Waals surface area contributed by atoms with Gasteiger partial charge in [0.15, 0.2) is 0 Å². The van der Waals surface area contributed by atoms with Crippen LogP contribution >= 0.6 is 24.2 Å². The molecule has 0 rings (SSSR count). The lowest BCUT2D eigenvalue weighted by atomic mass is 10.0. The second-order valence-corrected chi connectivity index (χ2v) is 13.6. The molecule has 0 aliphatic heterocycles. The van der Waals surface area contributed by atoms with Crippen LogP contribution in [0.4, 0.5) is 0 Å². The first-order chi connectivity index (χ1) is 19.4. The fourth-order valence-electron chi connectivity index (χ4n) is 6.04. The van der Waals surface area contributed by atoms with E-state index in [0.29, 0.717) is 0 Å². The van der Waals surface area contributed by atoms with Gasteiger partial charge in [-0.3, -0.25) is 0 Å². The van der Waals surface area contributed by atoms with Crippen LogP contribution in [-0.4, -0.2) is 11.6 Å². The number of unbranched alkanes of at least 4 members (excludes halogenated alkanes) is 34. The first kappa shape index (κ1) is 39.6. The van der Waals surface area contributed by atoms with Crippen LogP contribution < -0.4 is 0 Å². The van der Waals surface area contributed by atoms with Gasteiger partial charge in [-0.1, -0.05) is 212 Å². The molecule has 236 valence electrons. The number of hydrogen-bond acceptors (Lipinski definition) is 1. The van der Waals surface area contributed by atoms with E-state index in [-0.39, 0.29) is 0 Å². The molecule has 0 heterocycles. The van der Waals surface area contributed by atoms with Crippen molar-refractivity contribution in [3.63, 3.8) is 0 Å². The van der Waals surface area contributed by atoms with E-state index >= 15 is 0 Å². The SMILES string of the molecule is SCCCCCCCCCCCCCCCCCCCCCCCCCCCCCCCCCCCCCCl. The zero-order chi connectivity index (χ0) is 28.2. The summed E-state index contributed by atoms with van der Waals surface area (Å²) in [5.74, 6) is 1.91. The number of halogens is 1. The topological polar surface area (TPSA) is 0 Å². The number of hydrogen-bond donors (Lipinski definition) is 1. The van der Waals surface area contributed by atoms with Crippen molar-refractivity contribution in [2.45, 2.75) is 225 Å². The summed E-state index contributed by atoms with van der Waals surface area (Å²) in [6.07, 6.45) is 50.9. The van der Waals surface area contributed by atoms with E-state index in [0.717, 1.165) is 11.6 Å². The second kappa shape index (κ2) is 38.6. The Morgan fingerprint density at radius 2 is 0.333 bits per heavy atom. The van der Waals surface area contributed by atoms with Crippen LogP contribution in [0, 0.1) is 0 Å². The number of rotatable bonds is 36. The van der Waals surface area contributed by atoms with E-state index in [4.69, 9.17) is 11.6 Å². The smallest absolute Gasteiger partial charge is 0.0223 e. The second-order valence-electron chi connectivity index (χ2n) is 12.8. The summed E-state index contributed by atoms with van der Waals surface area (Å²) in [7, 11) is 0. The molecule has 0 radical (unpaired) electrons. The molecule has 0 nitrogen and oxygen atoms in total. The van der Waals surface area contributed by atoms with Gasteiger partial charge in [-0.25, -0.2) is 0 Å². The molecular weight excluding hydrogens is 512 g/mol. The maximum Gasteiger partial charge on any atom is 0.0223 e. The normalized spacial score (nSPS) is 11.5. The third-order valence-electron chi connectivity index (χ3n) is 8.79. The van der Waals surface area contributed by atoms with Gasteiger partial charge in [-0.2, -0.15) is 12.6 Å². The van der Waals surface area contributed by atoms with Crippen molar-refractivity contribution < 1.29 is 0 Å². The molecule has 0 saturated heterocycles. The fourth-order valence-corrected chi connectivity index (χ4v) is 6.45. The Kier molecular flexibility index (Phi) is 39.3. The van der Waals surface area contributed by atoms with Gasteiger partial charge in [0.05, 0.1) is 0 Å². The number of thiol groups is 1. The van der Waals surface area contributed by atoms with Gasteiger partial charge in [-0.15, -0.1) is 11.6 Å². The van der Waals surface area contributed by atoms with Gasteiger partial charge in [0.1, 0.15) is 0 Å². The largest absolute Gasteiger partial charge is 0.179 e. The molecule has 0 aliphatic rings. The minimum absolute atomic E-state index is 0.846. The van der Waals surface area contributed by atoms with Gasteiger partial charge in [0, 0.05) is 5.88 Å². The van der Waals surface area contributed by atoms with Gasteiger partial charge in [0.25, 0.3) is 0 Å². The number of alkyl halides is 1. The van der Waals surface area contributed by atoms with Crippen LogP contribution in [-0.2, 0) is 0 Å². The van der Waals surface area contributed by atoms with E-state index in [1.165, 1.54) is 225 Å². The average Bonchev–Trinajstić information content (AvgIpc) is 2.95. The lowest BCUT2D eigenvalue weighted by Gasteiger charge is -2.05. The molecule has 0 saturated carbocycles. The van der Waals surface area contributed by atoms with Crippen molar-refractivity contribution in [2.24, 2.45) is 0 Å². The van der Waals surface area contributed by atoms with Crippen LogP contribution in [0.1, 0.15) is 225 Å². The molecule has 0 unspecified atom stereocenters. The lowest BCUT2D eigenvalue weighted by Crippen LogP contribution is -1.85. The first-order valence-electron chi connectivity index (χ1n) is 18.6. The quantitative estimate of drug-likeness (QED) is 0.0421. The Morgan fingerprint density at radius 3 is 0.462 bits per heavy atom. The van der Waals surface area contributed by atoms with Crippen LogP contribution in [0.3, 0.4) is 0 Å². The zero-order valence-electron chi connectivity index (χ0n) is 27.0. The minimum Gasteiger partial charge on any atom is -0.179 e. The lowest BCUT2D eigenvalue weighted by molar-refractivity contribution is 0.511. The van der Waals surface area contributed by atoms with Gasteiger partial charge in [0.2, 0.25) is 0 Å². The highest BCUT2D eigenvalue weighted by Gasteiger charge is 1.97. The Balaban J connectivity index is 3.01. The van der Waals surface area contributed by atoms with Gasteiger partial charge < -0.3 is 0 Å². The minimum atomic E-state index is 0.846. The summed E-state index contributed by atoms with van der Waals surface area (Å²) >= 11 is 10.0. The predicted octanol–water partition coefficient (Wildman–Crippen LogP) is 14.8. The van der Waals surface area contributed by atoms with Crippen molar-refractivity contribution in [3.8, 4) is 0 Å². The van der Waals surface area contributed by atoms with Crippen LogP contribution in [0.15, 0.2) is 0 Å². The van der Waals surface area contributed by atoms with E-state index in [9.17, 15) is 0 Å². The molecule has 0 aromatic heterocycles. The summed E-state index contributed by atoms with van der Waals surface area (Å²) in [5, 5.41) is 0. The van der Waals surface area contributed by atoms with E-state index in [1.54, 1.807) is 0 Å². The molecule has 0 aromatic carbocycles. The molecule has 0 N–H and O–H groups in total.